The molecular formula is C16H10F3N3OS2. The molecule has 0 unspecified atom stereocenters. The predicted octanol–water partition coefficient (Wildman–Crippen LogP) is 4.50. The first-order valence-electron chi connectivity index (χ1n) is 6.98. The SMILES string of the molecule is O=C(Nc1nnc(SCc2ccc(F)cc2F)s1)c1cccc(F)c1. The van der Waals surface area contributed by atoms with Gasteiger partial charge in [-0.1, -0.05) is 35.2 Å². The summed E-state index contributed by atoms with van der Waals surface area (Å²) in [5.41, 5.74) is 0.504. The Kier molecular flexibility index (Phi) is 5.34. The van der Waals surface area contributed by atoms with E-state index in [1.165, 1.54) is 42.1 Å². The second-order valence-electron chi connectivity index (χ2n) is 4.86. The number of rotatable bonds is 5. The second-order valence-corrected chi connectivity index (χ2v) is 7.06. The van der Waals surface area contributed by atoms with Crippen LogP contribution in [0.2, 0.25) is 0 Å². The minimum absolute atomic E-state index is 0.165. The van der Waals surface area contributed by atoms with Crippen LogP contribution in [-0.4, -0.2) is 16.1 Å². The number of benzene rings is 2. The molecule has 1 amide bonds. The molecule has 128 valence electrons. The minimum atomic E-state index is -0.635. The fourth-order valence-corrected chi connectivity index (χ4v) is 3.63. The number of nitrogens with one attached hydrogen (secondary N) is 1. The van der Waals surface area contributed by atoms with Crippen molar-refractivity contribution in [1.29, 1.82) is 0 Å². The summed E-state index contributed by atoms with van der Waals surface area (Å²) in [6.07, 6.45) is 0. The normalized spacial score (nSPS) is 10.7. The fourth-order valence-electron chi connectivity index (χ4n) is 1.90. The Balaban J connectivity index is 1.61. The molecule has 2 aromatic carbocycles. The zero-order chi connectivity index (χ0) is 17.8. The molecule has 0 aliphatic carbocycles. The zero-order valence-corrected chi connectivity index (χ0v) is 14.1. The maximum Gasteiger partial charge on any atom is 0.257 e. The van der Waals surface area contributed by atoms with Crippen molar-refractivity contribution in [2.24, 2.45) is 0 Å². The van der Waals surface area contributed by atoms with E-state index in [1.807, 2.05) is 0 Å². The van der Waals surface area contributed by atoms with Gasteiger partial charge in [0.25, 0.3) is 5.91 Å². The van der Waals surface area contributed by atoms with Gasteiger partial charge in [-0.2, -0.15) is 0 Å². The number of thioether (sulfide) groups is 1. The molecule has 1 heterocycles. The molecule has 0 atom stereocenters. The number of carbonyl (C=O) groups excluding carboxylic acids is 1. The van der Waals surface area contributed by atoms with Gasteiger partial charge in [-0.25, -0.2) is 13.2 Å². The first kappa shape index (κ1) is 17.4. The van der Waals surface area contributed by atoms with Crippen LogP contribution in [0, 0.1) is 17.5 Å². The van der Waals surface area contributed by atoms with Gasteiger partial charge in [0.2, 0.25) is 5.13 Å². The standard InChI is InChI=1S/C16H10F3N3OS2/c17-11-3-1-2-9(6-11)14(23)20-15-21-22-16(25-15)24-8-10-4-5-12(18)7-13(10)19/h1-7H,8H2,(H,20,21,23). The highest BCUT2D eigenvalue weighted by Gasteiger charge is 2.12. The monoisotopic (exact) mass is 381 g/mol. The molecule has 1 aromatic heterocycles. The van der Waals surface area contributed by atoms with E-state index in [9.17, 15) is 18.0 Å². The summed E-state index contributed by atoms with van der Waals surface area (Å²) in [6.45, 7) is 0. The lowest BCUT2D eigenvalue weighted by molar-refractivity contribution is 0.102. The van der Waals surface area contributed by atoms with E-state index >= 15 is 0 Å². The van der Waals surface area contributed by atoms with Crippen LogP contribution in [0.1, 0.15) is 15.9 Å². The van der Waals surface area contributed by atoms with E-state index in [0.29, 0.717) is 9.90 Å². The van der Waals surface area contributed by atoms with Gasteiger partial charge >= 0.3 is 0 Å². The van der Waals surface area contributed by atoms with Crippen LogP contribution in [0.3, 0.4) is 0 Å². The van der Waals surface area contributed by atoms with Crippen molar-refractivity contribution in [3.63, 3.8) is 0 Å². The first-order chi connectivity index (χ1) is 12.0. The maximum atomic E-state index is 13.6. The summed E-state index contributed by atoms with van der Waals surface area (Å²) >= 11 is 2.32. The van der Waals surface area contributed by atoms with Gasteiger partial charge in [-0.3, -0.25) is 10.1 Å². The molecule has 0 fully saturated rings. The van der Waals surface area contributed by atoms with Crippen LogP contribution in [0.15, 0.2) is 46.8 Å². The van der Waals surface area contributed by atoms with Gasteiger partial charge in [0.15, 0.2) is 4.34 Å². The number of halogens is 3. The molecular weight excluding hydrogens is 371 g/mol. The molecule has 3 aromatic rings. The molecule has 4 nitrogen and oxygen atoms in total. The van der Waals surface area contributed by atoms with Crippen LogP contribution in [0.25, 0.3) is 0 Å². The lowest BCUT2D eigenvalue weighted by Crippen LogP contribution is -2.11. The van der Waals surface area contributed by atoms with Gasteiger partial charge in [0, 0.05) is 17.4 Å². The molecule has 1 N–H and O–H groups in total. The summed E-state index contributed by atoms with van der Waals surface area (Å²) in [5, 5.41) is 10.5. The smallest absolute Gasteiger partial charge is 0.257 e. The number of aromatic nitrogens is 2. The van der Waals surface area contributed by atoms with Crippen molar-refractivity contribution >= 4 is 34.1 Å². The molecule has 0 aliphatic rings. The maximum absolute atomic E-state index is 13.6. The van der Waals surface area contributed by atoms with E-state index in [2.05, 4.69) is 15.5 Å². The molecule has 0 aliphatic heterocycles. The number of carbonyl (C=O) groups is 1. The fraction of sp³-hybridized carbons (Fsp3) is 0.0625. The van der Waals surface area contributed by atoms with Crippen molar-refractivity contribution in [3.8, 4) is 0 Å². The summed E-state index contributed by atoms with van der Waals surface area (Å²) in [4.78, 5) is 12.0. The Bertz CT molecular complexity index is 917. The van der Waals surface area contributed by atoms with E-state index in [4.69, 9.17) is 0 Å². The topological polar surface area (TPSA) is 54.9 Å². The van der Waals surface area contributed by atoms with Crippen LogP contribution in [-0.2, 0) is 5.75 Å². The average Bonchev–Trinajstić information content (AvgIpc) is 3.01. The number of anilines is 1. The Morgan fingerprint density at radius 2 is 1.88 bits per heavy atom. The van der Waals surface area contributed by atoms with E-state index < -0.39 is 23.4 Å². The number of hydrogen-bond donors (Lipinski definition) is 1. The van der Waals surface area contributed by atoms with Crippen molar-refractivity contribution < 1.29 is 18.0 Å². The highest BCUT2D eigenvalue weighted by molar-refractivity contribution is 8.00. The molecule has 25 heavy (non-hydrogen) atoms. The highest BCUT2D eigenvalue weighted by Crippen LogP contribution is 2.29. The van der Waals surface area contributed by atoms with Crippen molar-refractivity contribution in [2.45, 2.75) is 10.1 Å². The van der Waals surface area contributed by atoms with Crippen molar-refractivity contribution in [2.75, 3.05) is 5.32 Å². The van der Waals surface area contributed by atoms with E-state index in [-0.39, 0.29) is 16.4 Å². The first-order valence-corrected chi connectivity index (χ1v) is 8.78. The lowest BCUT2D eigenvalue weighted by Gasteiger charge is -2.01. The quantitative estimate of drug-likeness (QED) is 0.522. The van der Waals surface area contributed by atoms with Crippen LogP contribution in [0.4, 0.5) is 18.3 Å². The largest absolute Gasteiger partial charge is 0.296 e. The van der Waals surface area contributed by atoms with Gasteiger partial charge in [0.05, 0.1) is 0 Å². The van der Waals surface area contributed by atoms with Crippen LogP contribution in [0.5, 0.6) is 0 Å². The molecule has 9 heteroatoms. The third-order valence-corrected chi connectivity index (χ3v) is 5.10. The highest BCUT2D eigenvalue weighted by atomic mass is 32.2. The molecule has 0 spiro atoms. The van der Waals surface area contributed by atoms with Gasteiger partial charge in [-0.05, 0) is 29.8 Å². The van der Waals surface area contributed by atoms with Crippen molar-refractivity contribution in [3.05, 3.63) is 71.0 Å². The number of hydrogen-bond acceptors (Lipinski definition) is 5. The summed E-state index contributed by atoms with van der Waals surface area (Å²) < 4.78 is 40.1. The number of amides is 1. The third-order valence-electron chi connectivity index (χ3n) is 3.08. The zero-order valence-electron chi connectivity index (χ0n) is 12.5. The van der Waals surface area contributed by atoms with Gasteiger partial charge in [0.1, 0.15) is 17.5 Å². The lowest BCUT2D eigenvalue weighted by atomic mass is 10.2. The van der Waals surface area contributed by atoms with Crippen LogP contribution >= 0.6 is 23.1 Å². The Hall–Kier alpha value is -2.39. The molecule has 0 saturated carbocycles. The van der Waals surface area contributed by atoms with Gasteiger partial charge in [-0.15, -0.1) is 10.2 Å². The molecule has 3 rings (SSSR count). The van der Waals surface area contributed by atoms with Crippen molar-refractivity contribution in [1.82, 2.24) is 10.2 Å². The molecule has 0 bridgehead atoms. The van der Waals surface area contributed by atoms with E-state index in [0.717, 1.165) is 23.5 Å². The van der Waals surface area contributed by atoms with E-state index in [1.54, 1.807) is 0 Å². The summed E-state index contributed by atoms with van der Waals surface area (Å²) in [6, 6.07) is 8.64. The summed E-state index contributed by atoms with van der Waals surface area (Å²) in [7, 11) is 0. The third kappa shape index (κ3) is 4.58. The number of nitrogens with zero attached hydrogens (tertiary/aromatic N) is 2. The minimum Gasteiger partial charge on any atom is -0.296 e. The average molecular weight is 381 g/mol. The molecule has 0 saturated heterocycles. The Morgan fingerprint density at radius 3 is 2.64 bits per heavy atom. The van der Waals surface area contributed by atoms with Gasteiger partial charge < -0.3 is 0 Å². The second kappa shape index (κ2) is 7.66. The predicted molar refractivity (Wildman–Crippen MR) is 90.2 cm³/mol. The Labute approximate surface area is 149 Å². The molecule has 0 radical (unpaired) electrons. The Morgan fingerprint density at radius 1 is 1.08 bits per heavy atom. The van der Waals surface area contributed by atoms with Crippen LogP contribution < -0.4 is 5.32 Å². The summed E-state index contributed by atoms with van der Waals surface area (Å²) in [5.74, 6) is -2.03.